The van der Waals surface area contributed by atoms with Gasteiger partial charge in [-0.2, -0.15) is 4.31 Å². The average Bonchev–Trinajstić information content (AvgIpc) is 3.40. The Morgan fingerprint density at radius 3 is 2.26 bits per heavy atom. The van der Waals surface area contributed by atoms with Crippen LogP contribution in [0.3, 0.4) is 0 Å². The van der Waals surface area contributed by atoms with Crippen LogP contribution in [-0.4, -0.2) is 45.8 Å². The van der Waals surface area contributed by atoms with Gasteiger partial charge in [0.25, 0.3) is 5.56 Å². The molecule has 0 bridgehead atoms. The predicted octanol–water partition coefficient (Wildman–Crippen LogP) is 3.67. The Morgan fingerprint density at radius 1 is 0.842 bits per heavy atom. The zero-order valence-corrected chi connectivity index (χ0v) is 21.8. The summed E-state index contributed by atoms with van der Waals surface area (Å²) >= 11 is 0. The van der Waals surface area contributed by atoms with Gasteiger partial charge in [-0.15, -0.1) is 0 Å². The van der Waals surface area contributed by atoms with Gasteiger partial charge in [0.2, 0.25) is 16.8 Å². The fraction of sp³-hybridized carbons (Fsp3) is 0.222. The first-order valence-electron chi connectivity index (χ1n) is 11.6. The van der Waals surface area contributed by atoms with Gasteiger partial charge in [0, 0.05) is 30.1 Å². The van der Waals surface area contributed by atoms with Gasteiger partial charge < -0.3 is 28.7 Å². The molecule has 38 heavy (non-hydrogen) atoms. The molecule has 0 saturated heterocycles. The summed E-state index contributed by atoms with van der Waals surface area (Å²) in [5.41, 5.74) is 1.07. The predicted molar refractivity (Wildman–Crippen MR) is 140 cm³/mol. The molecular formula is C27H26N2O8S. The maximum atomic E-state index is 13.8. The summed E-state index contributed by atoms with van der Waals surface area (Å²) in [5, 5.41) is 0.669. The minimum atomic E-state index is -4.02. The van der Waals surface area contributed by atoms with E-state index in [1.165, 1.54) is 37.8 Å². The van der Waals surface area contributed by atoms with Gasteiger partial charge in [0.1, 0.15) is 5.75 Å². The van der Waals surface area contributed by atoms with E-state index in [-0.39, 0.29) is 30.3 Å². The molecule has 5 rings (SSSR count). The molecule has 0 saturated carbocycles. The summed E-state index contributed by atoms with van der Waals surface area (Å²) in [5.74, 6) is 2.61. The minimum Gasteiger partial charge on any atom is -0.497 e. The zero-order valence-electron chi connectivity index (χ0n) is 21.0. The molecule has 3 aromatic carbocycles. The minimum absolute atomic E-state index is 0.00554. The van der Waals surface area contributed by atoms with E-state index in [2.05, 4.69) is 4.98 Å². The summed E-state index contributed by atoms with van der Waals surface area (Å²) in [4.78, 5) is 16.0. The molecule has 0 atom stereocenters. The molecule has 0 radical (unpaired) electrons. The van der Waals surface area contributed by atoms with Crippen LogP contribution in [0.1, 0.15) is 11.1 Å². The van der Waals surface area contributed by atoms with Crippen LogP contribution >= 0.6 is 0 Å². The molecule has 198 valence electrons. The third-order valence-corrected chi connectivity index (χ3v) is 8.07. The highest BCUT2D eigenvalue weighted by molar-refractivity contribution is 7.89. The van der Waals surface area contributed by atoms with E-state index in [0.29, 0.717) is 45.2 Å². The number of hydrogen-bond donors (Lipinski definition) is 1. The highest BCUT2D eigenvalue weighted by Gasteiger charge is 2.27. The van der Waals surface area contributed by atoms with Crippen LogP contribution in [0.15, 0.2) is 70.4 Å². The van der Waals surface area contributed by atoms with Crippen molar-refractivity contribution in [2.75, 3.05) is 28.1 Å². The molecule has 2 heterocycles. The van der Waals surface area contributed by atoms with Crippen molar-refractivity contribution in [1.29, 1.82) is 0 Å². The van der Waals surface area contributed by atoms with Crippen molar-refractivity contribution in [2.24, 2.45) is 0 Å². The molecular weight excluding hydrogens is 512 g/mol. The zero-order chi connectivity index (χ0) is 26.9. The number of pyridine rings is 1. The topological polar surface area (TPSA) is 116 Å². The molecule has 11 heteroatoms. The lowest BCUT2D eigenvalue weighted by atomic mass is 10.1. The molecule has 1 aromatic heterocycles. The molecule has 10 nitrogen and oxygen atoms in total. The van der Waals surface area contributed by atoms with Gasteiger partial charge in [-0.25, -0.2) is 8.42 Å². The van der Waals surface area contributed by atoms with Crippen LogP contribution < -0.4 is 29.2 Å². The van der Waals surface area contributed by atoms with Crippen LogP contribution in [0, 0.1) is 0 Å². The summed E-state index contributed by atoms with van der Waals surface area (Å²) in [6.45, 7) is -0.0792. The molecule has 4 aromatic rings. The second kappa shape index (κ2) is 10.3. The average molecular weight is 539 g/mol. The van der Waals surface area contributed by atoms with Crippen LogP contribution in [0.5, 0.6) is 28.7 Å². The molecule has 0 fully saturated rings. The summed E-state index contributed by atoms with van der Waals surface area (Å²) < 4.78 is 55.6. The maximum absolute atomic E-state index is 13.8. The second-order valence-corrected chi connectivity index (χ2v) is 10.5. The molecule has 0 amide bonds. The lowest BCUT2D eigenvalue weighted by Gasteiger charge is -2.23. The fourth-order valence-electron chi connectivity index (χ4n) is 4.25. The van der Waals surface area contributed by atoms with Gasteiger partial charge in [0.15, 0.2) is 23.0 Å². The van der Waals surface area contributed by atoms with Crippen LogP contribution in [0.25, 0.3) is 10.9 Å². The Hall–Kier alpha value is -4.22. The fourth-order valence-corrected chi connectivity index (χ4v) is 5.66. The molecule has 1 N–H and O–H groups in total. The van der Waals surface area contributed by atoms with E-state index >= 15 is 0 Å². The first kappa shape index (κ1) is 25.4. The van der Waals surface area contributed by atoms with E-state index in [1.807, 2.05) is 0 Å². The van der Waals surface area contributed by atoms with Gasteiger partial charge in [-0.3, -0.25) is 4.79 Å². The highest BCUT2D eigenvalue weighted by Crippen LogP contribution is 2.34. The number of ether oxygens (including phenoxy) is 5. The lowest BCUT2D eigenvalue weighted by Crippen LogP contribution is -2.32. The number of H-pyrrole nitrogens is 1. The van der Waals surface area contributed by atoms with Crippen LogP contribution in [-0.2, 0) is 23.1 Å². The monoisotopic (exact) mass is 538 g/mol. The van der Waals surface area contributed by atoms with E-state index in [4.69, 9.17) is 23.7 Å². The quantitative estimate of drug-likeness (QED) is 0.343. The van der Waals surface area contributed by atoms with Crippen molar-refractivity contribution in [3.8, 4) is 28.7 Å². The Balaban J connectivity index is 1.56. The summed E-state index contributed by atoms with van der Waals surface area (Å²) in [7, 11) is 0.511. The number of methoxy groups -OCH3 is 3. The molecule has 1 aliphatic rings. The van der Waals surface area contributed by atoms with E-state index < -0.39 is 15.6 Å². The Kier molecular flexibility index (Phi) is 6.87. The van der Waals surface area contributed by atoms with E-state index in [1.54, 1.807) is 48.5 Å². The lowest BCUT2D eigenvalue weighted by molar-refractivity contribution is 0.174. The van der Waals surface area contributed by atoms with Crippen molar-refractivity contribution in [1.82, 2.24) is 9.29 Å². The third-order valence-electron chi connectivity index (χ3n) is 6.27. The molecule has 0 aliphatic carbocycles. The van der Waals surface area contributed by atoms with Crippen molar-refractivity contribution in [3.63, 3.8) is 0 Å². The SMILES string of the molecule is COc1ccc(S(=O)(=O)N(Cc2ccc3c(c2)OCO3)Cc2cc3cc(OC)c(OC)cc3[nH]c2=O)cc1. The molecule has 0 unspecified atom stereocenters. The first-order chi connectivity index (χ1) is 18.3. The maximum Gasteiger partial charge on any atom is 0.252 e. The van der Waals surface area contributed by atoms with E-state index in [9.17, 15) is 13.2 Å². The van der Waals surface area contributed by atoms with Gasteiger partial charge in [-0.1, -0.05) is 6.07 Å². The van der Waals surface area contributed by atoms with Crippen molar-refractivity contribution in [3.05, 3.63) is 82.1 Å². The van der Waals surface area contributed by atoms with Gasteiger partial charge in [-0.05, 0) is 54.1 Å². The number of aromatic nitrogens is 1. The van der Waals surface area contributed by atoms with Crippen LogP contribution in [0.4, 0.5) is 0 Å². The number of hydrogen-bond acceptors (Lipinski definition) is 8. The Labute approximate surface area is 219 Å². The smallest absolute Gasteiger partial charge is 0.252 e. The number of nitrogens with zero attached hydrogens (tertiary/aromatic N) is 1. The molecule has 1 aliphatic heterocycles. The number of benzene rings is 3. The van der Waals surface area contributed by atoms with Crippen molar-refractivity contribution >= 4 is 20.9 Å². The highest BCUT2D eigenvalue weighted by atomic mass is 32.2. The van der Waals surface area contributed by atoms with Gasteiger partial charge >= 0.3 is 0 Å². The van der Waals surface area contributed by atoms with Crippen LogP contribution in [0.2, 0.25) is 0 Å². The van der Waals surface area contributed by atoms with E-state index in [0.717, 1.165) is 0 Å². The largest absolute Gasteiger partial charge is 0.497 e. The summed E-state index contributed by atoms with van der Waals surface area (Å²) in [6.07, 6.45) is 0. The Morgan fingerprint density at radius 2 is 1.55 bits per heavy atom. The number of sulfonamides is 1. The Bertz CT molecular complexity index is 1650. The third kappa shape index (κ3) is 4.85. The molecule has 0 spiro atoms. The van der Waals surface area contributed by atoms with Crippen molar-refractivity contribution < 1.29 is 32.1 Å². The second-order valence-electron chi connectivity index (χ2n) is 8.55. The van der Waals surface area contributed by atoms with Crippen molar-refractivity contribution in [2.45, 2.75) is 18.0 Å². The number of nitrogens with one attached hydrogen (secondary N) is 1. The van der Waals surface area contributed by atoms with Gasteiger partial charge in [0.05, 0.1) is 31.7 Å². The first-order valence-corrected chi connectivity index (χ1v) is 13.1. The normalized spacial score (nSPS) is 12.6. The number of rotatable bonds is 9. The summed E-state index contributed by atoms with van der Waals surface area (Å²) in [6, 6.07) is 16.4. The number of aromatic amines is 1. The number of fused-ring (bicyclic) bond motifs is 2. The standard InChI is InChI=1S/C27H26N2O8S/c1-33-20-5-7-21(8-6-20)38(31,32)29(14-17-4-9-23-26(10-17)37-16-36-23)15-19-11-18-12-24(34-2)25(35-3)13-22(18)28-27(19)30/h4-13H,14-16H2,1-3H3,(H,28,30).